The lowest BCUT2D eigenvalue weighted by Gasteiger charge is -2.15. The fraction of sp³-hybridized carbons (Fsp3) is 0.571. The summed E-state index contributed by atoms with van der Waals surface area (Å²) >= 11 is 0. The van der Waals surface area contributed by atoms with E-state index in [1.165, 1.54) is 18.9 Å². The van der Waals surface area contributed by atoms with Crippen LogP contribution in [0, 0.1) is 21.4 Å². The Labute approximate surface area is 122 Å². The molecule has 1 aromatic rings. The minimum Gasteiger partial charge on any atom is -0.373 e. The molecule has 0 atom stereocenters. The molecule has 0 aliphatic heterocycles. The third-order valence-corrected chi connectivity index (χ3v) is 4.52. The van der Waals surface area contributed by atoms with E-state index in [1.54, 1.807) is 7.05 Å². The van der Waals surface area contributed by atoms with Crippen LogP contribution in [0.4, 0.5) is 11.5 Å². The third kappa shape index (κ3) is 2.68. The van der Waals surface area contributed by atoms with Crippen LogP contribution in [-0.4, -0.2) is 29.4 Å². The minimum absolute atomic E-state index is 0.0611. The van der Waals surface area contributed by atoms with E-state index in [1.807, 2.05) is 0 Å². The number of carbonyl (C=O) groups excluding carboxylic acids is 1. The quantitative estimate of drug-likeness (QED) is 0.616. The van der Waals surface area contributed by atoms with Gasteiger partial charge in [-0.15, -0.1) is 0 Å². The summed E-state index contributed by atoms with van der Waals surface area (Å²) in [5.74, 6) is 0.777. The van der Waals surface area contributed by atoms with Gasteiger partial charge in [0.1, 0.15) is 17.6 Å². The maximum Gasteiger partial charge on any atom is 0.300 e. The van der Waals surface area contributed by atoms with Crippen molar-refractivity contribution in [3.05, 3.63) is 27.9 Å². The van der Waals surface area contributed by atoms with Crippen molar-refractivity contribution in [3.8, 4) is 0 Å². The molecule has 7 nitrogen and oxygen atoms in total. The van der Waals surface area contributed by atoms with Gasteiger partial charge in [-0.2, -0.15) is 0 Å². The van der Waals surface area contributed by atoms with Crippen molar-refractivity contribution < 1.29 is 9.72 Å². The molecule has 2 saturated carbocycles. The molecule has 0 radical (unpaired) electrons. The van der Waals surface area contributed by atoms with Crippen LogP contribution in [0.15, 0.2) is 12.3 Å². The van der Waals surface area contributed by atoms with Crippen LogP contribution in [0.2, 0.25) is 0 Å². The van der Waals surface area contributed by atoms with Gasteiger partial charge >= 0.3 is 0 Å². The Hall–Kier alpha value is -2.18. The normalized spacial score (nSPS) is 18.9. The summed E-state index contributed by atoms with van der Waals surface area (Å²) in [6.07, 6.45) is 5.91. The van der Waals surface area contributed by atoms with Crippen molar-refractivity contribution in [1.29, 1.82) is 0 Å². The number of hydrogen-bond acceptors (Lipinski definition) is 5. The number of pyridine rings is 1. The molecule has 112 valence electrons. The summed E-state index contributed by atoms with van der Waals surface area (Å²) in [6, 6.07) is 1.42. The predicted octanol–water partition coefficient (Wildman–Crippen LogP) is 1.95. The smallest absolute Gasteiger partial charge is 0.300 e. The topological polar surface area (TPSA) is 97.2 Å². The fourth-order valence-corrected chi connectivity index (χ4v) is 2.85. The third-order valence-electron chi connectivity index (χ3n) is 4.52. The average molecular weight is 290 g/mol. The van der Waals surface area contributed by atoms with Gasteiger partial charge in [-0.25, -0.2) is 4.98 Å². The largest absolute Gasteiger partial charge is 0.373 e. The molecule has 2 N–H and O–H groups in total. The van der Waals surface area contributed by atoms with Gasteiger partial charge in [-0.1, -0.05) is 0 Å². The number of aromatic nitrogens is 1. The molecule has 2 fully saturated rings. The molecular weight excluding hydrogens is 272 g/mol. The Morgan fingerprint density at radius 1 is 1.52 bits per heavy atom. The first-order valence-electron chi connectivity index (χ1n) is 7.16. The Kier molecular flexibility index (Phi) is 3.27. The van der Waals surface area contributed by atoms with Gasteiger partial charge in [0.2, 0.25) is 0 Å². The molecule has 0 aromatic carbocycles. The number of amides is 1. The Balaban J connectivity index is 1.75. The van der Waals surface area contributed by atoms with Crippen LogP contribution in [0.1, 0.15) is 36.0 Å². The highest BCUT2D eigenvalue weighted by atomic mass is 16.6. The summed E-state index contributed by atoms with van der Waals surface area (Å²) in [5, 5.41) is 16.7. The van der Waals surface area contributed by atoms with Crippen LogP contribution < -0.4 is 10.6 Å². The molecule has 3 rings (SSSR count). The van der Waals surface area contributed by atoms with E-state index in [9.17, 15) is 14.9 Å². The van der Waals surface area contributed by atoms with E-state index >= 15 is 0 Å². The van der Waals surface area contributed by atoms with E-state index in [0.717, 1.165) is 25.0 Å². The Bertz CT molecular complexity index is 594. The molecule has 21 heavy (non-hydrogen) atoms. The van der Waals surface area contributed by atoms with Crippen molar-refractivity contribution in [2.45, 2.75) is 25.7 Å². The summed E-state index contributed by atoms with van der Waals surface area (Å²) in [6.45, 7) is 0.616. The second-order valence-corrected chi connectivity index (χ2v) is 5.91. The lowest BCUT2D eigenvalue weighted by atomic mass is 10.0. The van der Waals surface area contributed by atoms with Crippen molar-refractivity contribution in [3.63, 3.8) is 0 Å². The van der Waals surface area contributed by atoms with Gasteiger partial charge in [-0.05, 0) is 37.0 Å². The van der Waals surface area contributed by atoms with Gasteiger partial charge in [0, 0.05) is 19.7 Å². The minimum atomic E-state index is -0.574. The molecule has 0 saturated heterocycles. The lowest BCUT2D eigenvalue weighted by Crippen LogP contribution is -2.31. The molecule has 0 bridgehead atoms. The highest BCUT2D eigenvalue weighted by Gasteiger charge is 2.53. The number of rotatable bonds is 6. The van der Waals surface area contributed by atoms with Crippen LogP contribution in [0.3, 0.4) is 0 Å². The number of nitrogens with zero attached hydrogens (tertiary/aromatic N) is 2. The standard InChI is InChI=1S/C14H18N4O3/c1-15-12-6-10(11(7-16-12)18(20)21)13(19)17-8-14(4-5-14)9-2-3-9/h6-7,9H,2-5,8H2,1H3,(H,15,16)(H,17,19). The summed E-state index contributed by atoms with van der Waals surface area (Å²) < 4.78 is 0. The van der Waals surface area contributed by atoms with Crippen LogP contribution in [-0.2, 0) is 0 Å². The number of carbonyl (C=O) groups is 1. The number of nitro groups is 1. The molecule has 1 aromatic heterocycles. The van der Waals surface area contributed by atoms with Crippen LogP contribution >= 0.6 is 0 Å². The zero-order valence-electron chi connectivity index (χ0n) is 11.9. The SMILES string of the molecule is CNc1cc(C(=O)NCC2(C3CC3)CC2)c([N+](=O)[O-])cn1. The van der Waals surface area contributed by atoms with E-state index in [-0.39, 0.29) is 16.7 Å². The molecular formula is C14H18N4O3. The maximum atomic E-state index is 12.3. The number of anilines is 1. The van der Waals surface area contributed by atoms with Crippen molar-refractivity contribution in [2.75, 3.05) is 18.9 Å². The monoisotopic (exact) mass is 290 g/mol. The molecule has 2 aliphatic rings. The molecule has 2 aliphatic carbocycles. The first-order chi connectivity index (χ1) is 10.1. The van der Waals surface area contributed by atoms with Crippen molar-refractivity contribution in [1.82, 2.24) is 10.3 Å². The van der Waals surface area contributed by atoms with Crippen LogP contribution in [0.5, 0.6) is 0 Å². The number of hydrogen-bond donors (Lipinski definition) is 2. The lowest BCUT2D eigenvalue weighted by molar-refractivity contribution is -0.385. The van der Waals surface area contributed by atoms with E-state index in [4.69, 9.17) is 0 Å². The summed E-state index contributed by atoms with van der Waals surface area (Å²) in [4.78, 5) is 26.6. The van der Waals surface area contributed by atoms with Crippen molar-refractivity contribution >= 4 is 17.4 Å². The van der Waals surface area contributed by atoms with E-state index in [0.29, 0.717) is 12.4 Å². The zero-order valence-corrected chi connectivity index (χ0v) is 11.9. The van der Waals surface area contributed by atoms with Gasteiger partial charge in [0.05, 0.1) is 4.92 Å². The van der Waals surface area contributed by atoms with Gasteiger partial charge < -0.3 is 10.6 Å². The van der Waals surface area contributed by atoms with E-state index < -0.39 is 10.8 Å². The highest BCUT2D eigenvalue weighted by Crippen LogP contribution is 2.60. The molecule has 1 heterocycles. The second kappa shape index (κ2) is 4.98. The first-order valence-corrected chi connectivity index (χ1v) is 7.16. The first kappa shape index (κ1) is 13.8. The average Bonchev–Trinajstić information content (AvgIpc) is 3.36. The van der Waals surface area contributed by atoms with Crippen molar-refractivity contribution in [2.24, 2.45) is 11.3 Å². The van der Waals surface area contributed by atoms with Gasteiger partial charge in [0.15, 0.2) is 0 Å². The molecule has 1 amide bonds. The van der Waals surface area contributed by atoms with Gasteiger partial charge in [-0.3, -0.25) is 14.9 Å². The molecule has 0 unspecified atom stereocenters. The van der Waals surface area contributed by atoms with E-state index in [2.05, 4.69) is 15.6 Å². The zero-order chi connectivity index (χ0) is 15.0. The number of nitrogens with one attached hydrogen (secondary N) is 2. The molecule has 0 spiro atoms. The molecule has 7 heteroatoms. The Morgan fingerprint density at radius 3 is 2.76 bits per heavy atom. The van der Waals surface area contributed by atoms with Gasteiger partial charge in [0.25, 0.3) is 11.6 Å². The predicted molar refractivity (Wildman–Crippen MR) is 77.2 cm³/mol. The van der Waals surface area contributed by atoms with Crippen LogP contribution in [0.25, 0.3) is 0 Å². The second-order valence-electron chi connectivity index (χ2n) is 5.91. The fourth-order valence-electron chi connectivity index (χ4n) is 2.85. The maximum absolute atomic E-state index is 12.3. The highest BCUT2D eigenvalue weighted by molar-refractivity contribution is 5.98. The summed E-state index contributed by atoms with van der Waals surface area (Å²) in [7, 11) is 1.65. The Morgan fingerprint density at radius 2 is 2.24 bits per heavy atom. The summed E-state index contributed by atoms with van der Waals surface area (Å²) in [5.41, 5.74) is 0.0669.